The Morgan fingerprint density at radius 2 is 2.41 bits per heavy atom. The number of nitrogens with one attached hydrogen (secondary N) is 1. The van der Waals surface area contributed by atoms with Crippen LogP contribution in [0.4, 0.5) is 0 Å². The molecule has 0 spiro atoms. The molecule has 2 nitrogen and oxygen atoms in total. The number of halogens is 1. The maximum atomic E-state index is 6.54. The van der Waals surface area contributed by atoms with Gasteiger partial charge < -0.3 is 10.1 Å². The van der Waals surface area contributed by atoms with Crippen LogP contribution in [0.2, 0.25) is 0 Å². The molecule has 1 aliphatic rings. The van der Waals surface area contributed by atoms with Crippen LogP contribution in [-0.4, -0.2) is 19.7 Å². The summed E-state index contributed by atoms with van der Waals surface area (Å²) in [7, 11) is 0. The van der Waals surface area contributed by atoms with Crippen LogP contribution in [0.5, 0.6) is 5.75 Å². The fraction of sp³-hybridized carbons (Fsp3) is 0.429. The minimum absolute atomic E-state index is 0.331. The van der Waals surface area contributed by atoms with Crippen LogP contribution in [0.3, 0.4) is 0 Å². The molecule has 17 heavy (non-hydrogen) atoms. The van der Waals surface area contributed by atoms with Gasteiger partial charge in [0.2, 0.25) is 0 Å². The number of rotatable bonds is 3. The van der Waals surface area contributed by atoms with Gasteiger partial charge in [-0.1, -0.05) is 18.7 Å². The lowest BCUT2D eigenvalue weighted by atomic mass is 9.94. The maximum absolute atomic E-state index is 6.54. The smallest absolute Gasteiger partial charge is 0.120 e. The molecule has 2 rings (SSSR count). The molecule has 1 N–H and O–H groups in total. The first-order valence-corrected chi connectivity index (χ1v) is 6.28. The molecule has 0 radical (unpaired) electrons. The zero-order valence-electron chi connectivity index (χ0n) is 10.1. The van der Waals surface area contributed by atoms with E-state index in [0.29, 0.717) is 6.61 Å². The van der Waals surface area contributed by atoms with Gasteiger partial charge in [0.15, 0.2) is 0 Å². The molecule has 0 saturated carbocycles. The van der Waals surface area contributed by atoms with Gasteiger partial charge >= 0.3 is 0 Å². The Labute approximate surface area is 108 Å². The normalized spacial score (nSPS) is 23.6. The third-order valence-electron chi connectivity index (χ3n) is 3.03. The summed E-state index contributed by atoms with van der Waals surface area (Å²) in [4.78, 5) is -0.331. The maximum Gasteiger partial charge on any atom is 0.120 e. The largest absolute Gasteiger partial charge is 0.490 e. The number of hydrogen-bond acceptors (Lipinski definition) is 2. The highest BCUT2D eigenvalue weighted by molar-refractivity contribution is 6.24. The van der Waals surface area contributed by atoms with Crippen molar-refractivity contribution < 1.29 is 4.74 Å². The van der Waals surface area contributed by atoms with Gasteiger partial charge in [0.1, 0.15) is 12.4 Å². The van der Waals surface area contributed by atoms with Gasteiger partial charge in [-0.15, -0.1) is 11.6 Å². The van der Waals surface area contributed by atoms with Crippen molar-refractivity contribution in [2.75, 3.05) is 19.7 Å². The van der Waals surface area contributed by atoms with E-state index in [-0.39, 0.29) is 4.87 Å². The Bertz CT molecular complexity index is 415. The first-order valence-electron chi connectivity index (χ1n) is 5.90. The molecule has 92 valence electrons. The van der Waals surface area contributed by atoms with Crippen molar-refractivity contribution in [2.24, 2.45) is 0 Å². The molecule has 0 fully saturated rings. The van der Waals surface area contributed by atoms with Crippen molar-refractivity contribution in [2.45, 2.75) is 18.2 Å². The van der Waals surface area contributed by atoms with Gasteiger partial charge in [0.05, 0.1) is 4.87 Å². The predicted octanol–water partition coefficient (Wildman–Crippen LogP) is 2.85. The van der Waals surface area contributed by atoms with Gasteiger partial charge in [-0.3, -0.25) is 0 Å². The first kappa shape index (κ1) is 12.5. The van der Waals surface area contributed by atoms with E-state index in [1.54, 1.807) is 6.08 Å². The third kappa shape index (κ3) is 2.82. The number of alkyl halides is 1. The van der Waals surface area contributed by atoms with Crippen LogP contribution in [0.1, 0.15) is 18.1 Å². The fourth-order valence-electron chi connectivity index (χ4n) is 2.17. The molecule has 0 bridgehead atoms. The Hall–Kier alpha value is -0.990. The predicted molar refractivity (Wildman–Crippen MR) is 71.9 cm³/mol. The van der Waals surface area contributed by atoms with Crippen molar-refractivity contribution in [3.8, 4) is 5.75 Å². The Morgan fingerprint density at radius 3 is 3.18 bits per heavy atom. The van der Waals surface area contributed by atoms with E-state index in [2.05, 4.69) is 31.0 Å². The highest BCUT2D eigenvalue weighted by Crippen LogP contribution is 2.34. The van der Waals surface area contributed by atoms with Crippen LogP contribution >= 0.6 is 11.6 Å². The quantitative estimate of drug-likeness (QED) is 0.659. The third-order valence-corrected chi connectivity index (χ3v) is 3.37. The molecule has 3 heteroatoms. The first-order chi connectivity index (χ1) is 8.13. The average Bonchev–Trinajstić information content (AvgIpc) is 2.45. The molecule has 1 heterocycles. The van der Waals surface area contributed by atoms with Crippen LogP contribution in [-0.2, 0) is 11.3 Å². The van der Waals surface area contributed by atoms with Crippen LogP contribution in [0, 0.1) is 0 Å². The molecule has 0 aromatic heterocycles. The van der Waals surface area contributed by atoms with Crippen molar-refractivity contribution >= 4 is 11.6 Å². The van der Waals surface area contributed by atoms with E-state index in [0.717, 1.165) is 25.3 Å². The van der Waals surface area contributed by atoms with E-state index in [1.165, 1.54) is 11.1 Å². The summed E-state index contributed by atoms with van der Waals surface area (Å²) in [5.41, 5.74) is 2.48. The van der Waals surface area contributed by atoms with E-state index in [4.69, 9.17) is 16.3 Å². The van der Waals surface area contributed by atoms with Gasteiger partial charge in [-0.25, -0.2) is 0 Å². The SMILES string of the molecule is C=CCOc1ccc2c(c1)CCNC[C@@]2(C)Cl. The van der Waals surface area contributed by atoms with Crippen LogP contribution < -0.4 is 10.1 Å². The monoisotopic (exact) mass is 251 g/mol. The number of benzene rings is 1. The Kier molecular flexibility index (Phi) is 3.75. The minimum atomic E-state index is -0.331. The lowest BCUT2D eigenvalue weighted by Crippen LogP contribution is -2.29. The molecule has 1 aromatic rings. The summed E-state index contributed by atoms with van der Waals surface area (Å²) in [6.45, 7) is 7.99. The van der Waals surface area contributed by atoms with Crippen molar-refractivity contribution in [1.29, 1.82) is 0 Å². The second-order valence-corrected chi connectivity index (χ2v) is 5.38. The van der Waals surface area contributed by atoms with Crippen LogP contribution in [0.15, 0.2) is 30.9 Å². The van der Waals surface area contributed by atoms with Crippen molar-refractivity contribution in [3.63, 3.8) is 0 Å². The van der Waals surface area contributed by atoms with Crippen molar-refractivity contribution in [3.05, 3.63) is 42.0 Å². The van der Waals surface area contributed by atoms with Crippen molar-refractivity contribution in [1.82, 2.24) is 5.32 Å². The molecule has 0 amide bonds. The summed E-state index contributed by atoms with van der Waals surface area (Å²) < 4.78 is 5.55. The summed E-state index contributed by atoms with van der Waals surface area (Å²) in [5, 5.41) is 3.36. The molecule has 1 atom stereocenters. The summed E-state index contributed by atoms with van der Waals surface area (Å²) >= 11 is 6.54. The molecule has 0 unspecified atom stereocenters. The highest BCUT2D eigenvalue weighted by atomic mass is 35.5. The lowest BCUT2D eigenvalue weighted by molar-refractivity contribution is 0.362. The molecular formula is C14H18ClNO. The number of hydrogen-bond donors (Lipinski definition) is 1. The van der Waals surface area contributed by atoms with E-state index >= 15 is 0 Å². The average molecular weight is 252 g/mol. The summed E-state index contributed by atoms with van der Waals surface area (Å²) in [5.74, 6) is 0.887. The zero-order chi connectivity index (χ0) is 12.3. The highest BCUT2D eigenvalue weighted by Gasteiger charge is 2.28. The second kappa shape index (κ2) is 5.11. The van der Waals surface area contributed by atoms with Gasteiger partial charge in [-0.2, -0.15) is 0 Å². The molecule has 1 aliphatic heterocycles. The van der Waals surface area contributed by atoms with Gasteiger partial charge in [0, 0.05) is 6.54 Å². The van der Waals surface area contributed by atoms with E-state index < -0.39 is 0 Å². The molecular weight excluding hydrogens is 234 g/mol. The van der Waals surface area contributed by atoms with E-state index in [1.807, 2.05) is 6.07 Å². The zero-order valence-corrected chi connectivity index (χ0v) is 10.9. The number of fused-ring (bicyclic) bond motifs is 1. The Morgan fingerprint density at radius 1 is 1.59 bits per heavy atom. The molecule has 0 saturated heterocycles. The second-order valence-electron chi connectivity index (χ2n) is 4.54. The summed E-state index contributed by atoms with van der Waals surface area (Å²) in [6, 6.07) is 6.15. The van der Waals surface area contributed by atoms with E-state index in [9.17, 15) is 0 Å². The fourth-order valence-corrected chi connectivity index (χ4v) is 2.45. The topological polar surface area (TPSA) is 21.3 Å². The Balaban J connectivity index is 2.31. The molecule has 1 aromatic carbocycles. The minimum Gasteiger partial charge on any atom is -0.490 e. The lowest BCUT2D eigenvalue weighted by Gasteiger charge is -2.23. The van der Waals surface area contributed by atoms with Gasteiger partial charge in [0.25, 0.3) is 0 Å². The molecule has 0 aliphatic carbocycles. The van der Waals surface area contributed by atoms with Gasteiger partial charge in [-0.05, 0) is 43.1 Å². The number of ether oxygens (including phenoxy) is 1. The standard InChI is InChI=1S/C14H18ClNO/c1-3-8-17-12-4-5-13-11(9-12)6-7-16-10-14(13,2)15/h3-5,9,16H,1,6-8,10H2,2H3/t14-/m1/s1. The van der Waals surface area contributed by atoms with Crippen LogP contribution in [0.25, 0.3) is 0 Å². The summed E-state index contributed by atoms with van der Waals surface area (Å²) in [6.07, 6.45) is 2.74.